The molecule has 0 saturated heterocycles. The molecule has 0 aliphatic carbocycles. The quantitative estimate of drug-likeness (QED) is 0.364. The van der Waals surface area contributed by atoms with Crippen LogP contribution >= 0.6 is 0 Å². The van der Waals surface area contributed by atoms with E-state index in [1.54, 1.807) is 0 Å². The maximum absolute atomic E-state index is 12.1. The lowest BCUT2D eigenvalue weighted by molar-refractivity contribution is -0.136. The third-order valence-electron chi connectivity index (χ3n) is 2.22. The Morgan fingerprint density at radius 3 is 1.91 bits per heavy atom. The summed E-state index contributed by atoms with van der Waals surface area (Å²) in [5, 5.41) is 0. The summed E-state index contributed by atoms with van der Waals surface area (Å²) in [7, 11) is -5.72. The Hall–Kier alpha value is -1.77. The van der Waals surface area contributed by atoms with Crippen LogP contribution in [0.5, 0.6) is 11.5 Å². The number of alkyl halides is 3. The van der Waals surface area contributed by atoms with Gasteiger partial charge in [-0.25, -0.2) is 0 Å². The standard InChI is InChI=1S/C13H15F3O5S/c1-12(2,3)8-11(17)20-9-4-6-10(7-5-9)21-22(18,19)13(14,15)16/h4-7H,8H2,1-3H3. The van der Waals surface area contributed by atoms with E-state index in [9.17, 15) is 26.4 Å². The molecule has 0 N–H and O–H groups in total. The average Bonchev–Trinajstić information content (AvgIpc) is 2.27. The normalized spacial score (nSPS) is 12.8. The molecule has 5 nitrogen and oxygen atoms in total. The van der Waals surface area contributed by atoms with Crippen LogP contribution in [0.15, 0.2) is 24.3 Å². The molecule has 1 aromatic rings. The molecule has 0 saturated carbocycles. The van der Waals surface area contributed by atoms with Crippen molar-refractivity contribution < 1.29 is 35.3 Å². The number of carbonyl (C=O) groups is 1. The molecule has 0 radical (unpaired) electrons. The number of hydrogen-bond donors (Lipinski definition) is 0. The van der Waals surface area contributed by atoms with Gasteiger partial charge in [0, 0.05) is 0 Å². The number of halogens is 3. The van der Waals surface area contributed by atoms with Crippen LogP contribution in [0.1, 0.15) is 27.2 Å². The first-order chi connectivity index (χ1) is 9.80. The van der Waals surface area contributed by atoms with Crippen molar-refractivity contribution in [3.63, 3.8) is 0 Å². The van der Waals surface area contributed by atoms with Crippen molar-refractivity contribution in [3.05, 3.63) is 24.3 Å². The van der Waals surface area contributed by atoms with Crippen molar-refractivity contribution in [2.24, 2.45) is 5.41 Å². The van der Waals surface area contributed by atoms with Crippen LogP contribution in [0.25, 0.3) is 0 Å². The second kappa shape index (κ2) is 6.15. The third-order valence-corrected chi connectivity index (χ3v) is 3.20. The van der Waals surface area contributed by atoms with Gasteiger partial charge >= 0.3 is 21.6 Å². The highest BCUT2D eigenvalue weighted by Crippen LogP contribution is 2.28. The lowest BCUT2D eigenvalue weighted by atomic mass is 9.92. The monoisotopic (exact) mass is 340 g/mol. The predicted octanol–water partition coefficient (Wildman–Crippen LogP) is 3.26. The van der Waals surface area contributed by atoms with Crippen LogP contribution in [-0.4, -0.2) is 19.9 Å². The van der Waals surface area contributed by atoms with E-state index in [1.807, 2.05) is 20.8 Å². The Bertz CT molecular complexity index is 627. The number of hydrogen-bond acceptors (Lipinski definition) is 5. The molecule has 0 aromatic heterocycles. The van der Waals surface area contributed by atoms with Gasteiger partial charge in [-0.05, 0) is 29.7 Å². The van der Waals surface area contributed by atoms with Gasteiger partial charge in [-0.1, -0.05) is 20.8 Å². The van der Waals surface area contributed by atoms with Crippen molar-refractivity contribution in [3.8, 4) is 11.5 Å². The van der Waals surface area contributed by atoms with Crippen molar-refractivity contribution >= 4 is 16.1 Å². The summed E-state index contributed by atoms with van der Waals surface area (Å²) in [5.41, 5.74) is -5.79. The maximum atomic E-state index is 12.1. The van der Waals surface area contributed by atoms with Crippen molar-refractivity contribution in [2.45, 2.75) is 32.7 Å². The Kier molecular flexibility index (Phi) is 5.11. The molecule has 124 valence electrons. The van der Waals surface area contributed by atoms with Gasteiger partial charge in [-0.2, -0.15) is 21.6 Å². The van der Waals surface area contributed by atoms with E-state index in [4.69, 9.17) is 4.74 Å². The Balaban J connectivity index is 2.74. The summed E-state index contributed by atoms with van der Waals surface area (Å²) in [6.45, 7) is 5.52. The SMILES string of the molecule is CC(C)(C)CC(=O)Oc1ccc(OS(=O)(=O)C(F)(F)F)cc1. The Morgan fingerprint density at radius 2 is 1.50 bits per heavy atom. The zero-order valence-corrected chi connectivity index (χ0v) is 12.9. The molecule has 9 heteroatoms. The van der Waals surface area contributed by atoms with Gasteiger partial charge in [-0.3, -0.25) is 4.79 Å². The molecule has 0 aliphatic rings. The summed E-state index contributed by atoms with van der Waals surface area (Å²) >= 11 is 0. The minimum absolute atomic E-state index is 0.0750. The van der Waals surface area contributed by atoms with Crippen LogP contribution in [0, 0.1) is 5.41 Å². The van der Waals surface area contributed by atoms with Gasteiger partial charge in [0.1, 0.15) is 11.5 Å². The number of ether oxygens (including phenoxy) is 1. The molecular weight excluding hydrogens is 325 g/mol. The molecule has 1 rings (SSSR count). The van der Waals surface area contributed by atoms with Gasteiger partial charge in [0.25, 0.3) is 0 Å². The van der Waals surface area contributed by atoms with Gasteiger partial charge in [-0.15, -0.1) is 0 Å². The van der Waals surface area contributed by atoms with Crippen LogP contribution in [0.3, 0.4) is 0 Å². The fourth-order valence-electron chi connectivity index (χ4n) is 1.34. The van der Waals surface area contributed by atoms with Crippen LogP contribution in [0.2, 0.25) is 0 Å². The molecular formula is C13H15F3O5S. The smallest absolute Gasteiger partial charge is 0.427 e. The van der Waals surface area contributed by atoms with E-state index >= 15 is 0 Å². The van der Waals surface area contributed by atoms with Gasteiger partial charge in [0.2, 0.25) is 0 Å². The number of carbonyl (C=O) groups excluding carboxylic acids is 1. The predicted molar refractivity (Wildman–Crippen MR) is 71.8 cm³/mol. The molecule has 0 fully saturated rings. The number of esters is 1. The van der Waals surface area contributed by atoms with Gasteiger partial charge < -0.3 is 8.92 Å². The molecule has 0 unspecified atom stereocenters. The van der Waals surface area contributed by atoms with Crippen LogP contribution < -0.4 is 8.92 Å². The highest BCUT2D eigenvalue weighted by atomic mass is 32.2. The highest BCUT2D eigenvalue weighted by molar-refractivity contribution is 7.87. The first-order valence-corrected chi connectivity index (χ1v) is 7.52. The van der Waals surface area contributed by atoms with Crippen LogP contribution in [0.4, 0.5) is 13.2 Å². The van der Waals surface area contributed by atoms with Crippen molar-refractivity contribution in [1.82, 2.24) is 0 Å². The zero-order valence-electron chi connectivity index (χ0n) is 12.1. The van der Waals surface area contributed by atoms with E-state index < -0.39 is 27.3 Å². The van der Waals surface area contributed by atoms with Crippen molar-refractivity contribution in [2.75, 3.05) is 0 Å². The number of benzene rings is 1. The minimum Gasteiger partial charge on any atom is -0.427 e. The van der Waals surface area contributed by atoms with E-state index in [0.29, 0.717) is 0 Å². The molecule has 1 aromatic carbocycles. The van der Waals surface area contributed by atoms with Crippen molar-refractivity contribution in [1.29, 1.82) is 0 Å². The summed E-state index contributed by atoms with van der Waals surface area (Å²) in [4.78, 5) is 11.6. The minimum atomic E-state index is -5.72. The second-order valence-corrected chi connectivity index (χ2v) is 7.20. The zero-order chi connectivity index (χ0) is 17.2. The molecule has 22 heavy (non-hydrogen) atoms. The largest absolute Gasteiger partial charge is 0.534 e. The molecule has 0 bridgehead atoms. The van der Waals surface area contributed by atoms with Gasteiger partial charge in [0.05, 0.1) is 6.42 Å². The lowest BCUT2D eigenvalue weighted by Crippen LogP contribution is -2.28. The average molecular weight is 340 g/mol. The molecule has 0 heterocycles. The van der Waals surface area contributed by atoms with E-state index in [2.05, 4.69) is 4.18 Å². The second-order valence-electron chi connectivity index (χ2n) is 5.67. The van der Waals surface area contributed by atoms with E-state index in [0.717, 1.165) is 24.3 Å². The Labute approximate surface area is 126 Å². The number of rotatable bonds is 4. The summed E-state index contributed by atoms with van der Waals surface area (Å²) in [6.07, 6.45) is 0.147. The third kappa shape index (κ3) is 5.55. The first kappa shape index (κ1) is 18.3. The fraction of sp³-hybridized carbons (Fsp3) is 0.462. The molecule has 0 amide bonds. The van der Waals surface area contributed by atoms with E-state index in [-0.39, 0.29) is 17.6 Å². The Morgan fingerprint density at radius 1 is 1.05 bits per heavy atom. The summed E-state index contributed by atoms with van der Waals surface area (Å²) in [5.74, 6) is -0.969. The highest BCUT2D eigenvalue weighted by Gasteiger charge is 2.48. The molecule has 0 spiro atoms. The summed E-state index contributed by atoms with van der Waals surface area (Å²) < 4.78 is 66.9. The topological polar surface area (TPSA) is 69.7 Å². The first-order valence-electron chi connectivity index (χ1n) is 6.12. The fourth-order valence-corrected chi connectivity index (χ4v) is 1.80. The van der Waals surface area contributed by atoms with Gasteiger partial charge in [0.15, 0.2) is 0 Å². The summed E-state index contributed by atoms with van der Waals surface area (Å²) in [6, 6.07) is 4.20. The lowest BCUT2D eigenvalue weighted by Gasteiger charge is -2.16. The van der Waals surface area contributed by atoms with Crippen LogP contribution in [-0.2, 0) is 14.9 Å². The van der Waals surface area contributed by atoms with E-state index in [1.165, 1.54) is 0 Å². The maximum Gasteiger partial charge on any atom is 0.534 e. The molecule has 0 aliphatic heterocycles. The molecule has 0 atom stereocenters.